The van der Waals surface area contributed by atoms with Crippen LogP contribution in [0.3, 0.4) is 0 Å². The molecule has 8 N–H and O–H groups in total. The van der Waals surface area contributed by atoms with Gasteiger partial charge in [-0.15, -0.1) is 0 Å². The van der Waals surface area contributed by atoms with Crippen LogP contribution in [-0.4, -0.2) is 122 Å². The highest BCUT2D eigenvalue weighted by atomic mass is 31.2. The minimum atomic E-state index is -5.30. The number of ether oxygens (including phenoxy) is 3. The molecule has 16 nitrogen and oxygen atoms in total. The summed E-state index contributed by atoms with van der Waals surface area (Å²) >= 11 is 0. The molecule has 2 aliphatic rings. The van der Waals surface area contributed by atoms with Gasteiger partial charge in [0.05, 0.1) is 13.2 Å². The summed E-state index contributed by atoms with van der Waals surface area (Å²) in [6.07, 6.45) is -16.0. The van der Waals surface area contributed by atoms with Gasteiger partial charge in [-0.25, -0.2) is 4.57 Å². The van der Waals surface area contributed by atoms with Crippen LogP contribution in [0.2, 0.25) is 0 Å². The molecule has 2 rings (SSSR count). The summed E-state index contributed by atoms with van der Waals surface area (Å²) in [4.78, 5) is 33.3. The molecular weight excluding hydrogens is 477 g/mol. The highest BCUT2D eigenvalue weighted by Crippen LogP contribution is 2.49. The van der Waals surface area contributed by atoms with Gasteiger partial charge in [-0.3, -0.25) is 18.6 Å². The molecule has 0 aliphatic carbocycles. The van der Waals surface area contributed by atoms with E-state index < -0.39 is 94.3 Å². The largest absolute Gasteiger partial charge is 0.475 e. The van der Waals surface area contributed by atoms with E-state index in [1.165, 1.54) is 0 Å². The van der Waals surface area contributed by atoms with E-state index in [9.17, 15) is 49.7 Å². The first-order valence-corrected chi connectivity index (χ1v) is 11.2. The summed E-state index contributed by atoms with van der Waals surface area (Å²) in [7, 11) is -5.30. The molecule has 0 aromatic heterocycles. The zero-order valence-electron chi connectivity index (χ0n) is 17.5. The molecule has 33 heavy (non-hydrogen) atoms. The van der Waals surface area contributed by atoms with Gasteiger partial charge in [-0.2, -0.15) is 0 Å². The van der Waals surface area contributed by atoms with Crippen LogP contribution in [0.15, 0.2) is 0 Å². The number of esters is 1. The van der Waals surface area contributed by atoms with E-state index in [-0.39, 0.29) is 0 Å². The van der Waals surface area contributed by atoms with E-state index in [0.717, 1.165) is 13.8 Å². The normalized spacial score (nSPS) is 41.1. The van der Waals surface area contributed by atoms with Crippen molar-refractivity contribution in [3.63, 3.8) is 0 Å². The molecular formula is C16H28NO15P. The standard InChI is InChI=1S/C16H28NO15P/c1-5(20)17-9-14(28-6(2)21)13(8(4-19)29-15(9)25)31-33(26,27)32-16-12(24)11(23)10(22)7(3-18)30-16/h7-16,18-19,22-25H,3-4H2,1-2H3,(H,17,20)(H,26,27)/t7-,8-,9-,10+,11+,12-,13-,14-,15?,16?/m1/s1. The second kappa shape index (κ2) is 11.4. The maximum absolute atomic E-state index is 12.7. The lowest BCUT2D eigenvalue weighted by molar-refractivity contribution is -0.285. The van der Waals surface area contributed by atoms with Crippen molar-refractivity contribution >= 4 is 19.7 Å². The van der Waals surface area contributed by atoms with Gasteiger partial charge in [0.2, 0.25) is 5.91 Å². The van der Waals surface area contributed by atoms with Crippen molar-refractivity contribution in [3.8, 4) is 0 Å². The fourth-order valence-corrected chi connectivity index (χ4v) is 4.43. The lowest BCUT2D eigenvalue weighted by Gasteiger charge is -2.44. The number of carbonyl (C=O) groups excluding carboxylic acids is 2. The number of nitrogens with one attached hydrogen (secondary N) is 1. The Balaban J connectivity index is 2.27. The SMILES string of the molecule is CC(=O)N[C@H]1C(O)O[C@H](CO)[C@@H](OP(=O)(O)OC2O[C@H](CO)[C@H](O)[C@H](O)[C@H]2O)[C@@H]1OC(C)=O. The van der Waals surface area contributed by atoms with Crippen molar-refractivity contribution in [2.45, 2.75) is 75.2 Å². The van der Waals surface area contributed by atoms with Gasteiger partial charge < -0.3 is 55.1 Å². The number of phosphoric acid groups is 1. The maximum atomic E-state index is 12.7. The zero-order chi connectivity index (χ0) is 25.1. The van der Waals surface area contributed by atoms with Crippen LogP contribution in [0.25, 0.3) is 0 Å². The highest BCUT2D eigenvalue weighted by Gasteiger charge is 2.53. The molecule has 17 heteroatoms. The van der Waals surface area contributed by atoms with Crippen molar-refractivity contribution in [1.82, 2.24) is 5.32 Å². The minimum Gasteiger partial charge on any atom is -0.457 e. The van der Waals surface area contributed by atoms with Gasteiger partial charge in [-0.05, 0) is 0 Å². The number of aliphatic hydroxyl groups is 6. The molecule has 0 spiro atoms. The van der Waals surface area contributed by atoms with Gasteiger partial charge in [0.15, 0.2) is 18.7 Å². The highest BCUT2D eigenvalue weighted by molar-refractivity contribution is 7.47. The Kier molecular flexibility index (Phi) is 9.70. The van der Waals surface area contributed by atoms with Crippen LogP contribution in [0, 0.1) is 0 Å². The predicted octanol–water partition coefficient (Wildman–Crippen LogP) is -4.57. The molecule has 2 aliphatic heterocycles. The van der Waals surface area contributed by atoms with E-state index in [2.05, 4.69) is 5.32 Å². The summed E-state index contributed by atoms with van der Waals surface area (Å²) in [5.41, 5.74) is 0. The zero-order valence-corrected chi connectivity index (χ0v) is 18.4. The number of phosphoric ester groups is 1. The lowest BCUT2D eigenvalue weighted by atomic mass is 9.96. The van der Waals surface area contributed by atoms with E-state index in [0.29, 0.717) is 0 Å². The van der Waals surface area contributed by atoms with Crippen LogP contribution in [0.5, 0.6) is 0 Å². The average Bonchev–Trinajstić information content (AvgIpc) is 2.72. The molecule has 2 fully saturated rings. The van der Waals surface area contributed by atoms with Gasteiger partial charge in [0.25, 0.3) is 0 Å². The summed E-state index contributed by atoms with van der Waals surface area (Å²) in [6, 6.07) is -1.48. The second-order valence-corrected chi connectivity index (χ2v) is 8.75. The van der Waals surface area contributed by atoms with Crippen molar-refractivity contribution in [3.05, 3.63) is 0 Å². The molecule has 1 amide bonds. The van der Waals surface area contributed by atoms with Gasteiger partial charge in [-0.1, -0.05) is 0 Å². The number of carbonyl (C=O) groups is 2. The summed E-state index contributed by atoms with van der Waals surface area (Å²) in [5, 5.41) is 60.7. The second-order valence-electron chi connectivity index (χ2n) is 7.39. The molecule has 192 valence electrons. The van der Waals surface area contributed by atoms with Gasteiger partial charge in [0.1, 0.15) is 42.7 Å². The Morgan fingerprint density at radius 2 is 1.52 bits per heavy atom. The smallest absolute Gasteiger partial charge is 0.457 e. The fraction of sp³-hybridized carbons (Fsp3) is 0.875. The predicted molar refractivity (Wildman–Crippen MR) is 101 cm³/mol. The molecule has 2 heterocycles. The van der Waals surface area contributed by atoms with E-state index in [1.807, 2.05) is 0 Å². The average molecular weight is 505 g/mol. The van der Waals surface area contributed by atoms with E-state index in [4.69, 9.17) is 23.3 Å². The minimum absolute atomic E-state index is 0.689. The molecule has 0 radical (unpaired) electrons. The molecule has 0 aromatic carbocycles. The Bertz CT molecular complexity index is 737. The van der Waals surface area contributed by atoms with Crippen molar-refractivity contribution in [1.29, 1.82) is 0 Å². The van der Waals surface area contributed by atoms with Crippen LogP contribution in [0.4, 0.5) is 0 Å². The van der Waals surface area contributed by atoms with Crippen molar-refractivity contribution < 1.29 is 72.9 Å². The Morgan fingerprint density at radius 3 is 2.03 bits per heavy atom. The van der Waals surface area contributed by atoms with Crippen molar-refractivity contribution in [2.75, 3.05) is 13.2 Å². The third-order valence-electron chi connectivity index (χ3n) is 4.86. The summed E-state index contributed by atoms with van der Waals surface area (Å²) in [6.45, 7) is 0.312. The van der Waals surface area contributed by atoms with E-state index >= 15 is 0 Å². The number of hydrogen-bond acceptors (Lipinski definition) is 14. The molecule has 0 bridgehead atoms. The molecule has 0 aromatic rings. The number of amides is 1. The number of hydrogen-bond donors (Lipinski definition) is 8. The Labute approximate surface area is 187 Å². The third-order valence-corrected chi connectivity index (χ3v) is 5.84. The monoisotopic (exact) mass is 505 g/mol. The topological polar surface area (TPSA) is 251 Å². The first-order valence-electron chi connectivity index (χ1n) is 9.70. The van der Waals surface area contributed by atoms with Gasteiger partial charge >= 0.3 is 13.8 Å². The Morgan fingerprint density at radius 1 is 0.909 bits per heavy atom. The summed E-state index contributed by atoms with van der Waals surface area (Å²) < 4.78 is 37.5. The number of aliphatic hydroxyl groups excluding tert-OH is 6. The Hall–Kier alpha value is -1.27. The number of rotatable bonds is 8. The van der Waals surface area contributed by atoms with Crippen molar-refractivity contribution in [2.24, 2.45) is 0 Å². The van der Waals surface area contributed by atoms with Crippen LogP contribution in [0.1, 0.15) is 13.8 Å². The molecule has 11 atom stereocenters. The summed E-state index contributed by atoms with van der Waals surface area (Å²) in [5.74, 6) is -1.62. The maximum Gasteiger partial charge on any atom is 0.475 e. The first kappa shape index (κ1) is 28.0. The van der Waals surface area contributed by atoms with Crippen LogP contribution in [-0.2, 0) is 37.4 Å². The third kappa shape index (κ3) is 6.88. The van der Waals surface area contributed by atoms with Gasteiger partial charge in [0, 0.05) is 13.8 Å². The molecule has 0 saturated carbocycles. The lowest BCUT2D eigenvalue weighted by Crippen LogP contribution is -2.65. The first-order chi connectivity index (χ1) is 15.3. The fourth-order valence-electron chi connectivity index (χ4n) is 3.38. The van der Waals surface area contributed by atoms with Crippen LogP contribution < -0.4 is 5.32 Å². The van der Waals surface area contributed by atoms with E-state index in [1.54, 1.807) is 0 Å². The van der Waals surface area contributed by atoms with Crippen LogP contribution >= 0.6 is 7.82 Å². The molecule has 3 unspecified atom stereocenters. The molecule has 2 saturated heterocycles. The quantitative estimate of drug-likeness (QED) is 0.114.